The second-order valence-corrected chi connectivity index (χ2v) is 5.31. The summed E-state index contributed by atoms with van der Waals surface area (Å²) in [6, 6.07) is 9.50. The molecule has 2 aromatic carbocycles. The predicted molar refractivity (Wildman–Crippen MR) is 71.2 cm³/mol. The van der Waals surface area contributed by atoms with Gasteiger partial charge in [0.25, 0.3) is 0 Å². The lowest BCUT2D eigenvalue weighted by molar-refractivity contribution is -0.130. The summed E-state index contributed by atoms with van der Waals surface area (Å²) in [7, 11) is 0. The molecular weight excluding hydrogens is 347 g/mol. The molecule has 0 N–H and O–H groups in total. The highest BCUT2D eigenvalue weighted by molar-refractivity contribution is 9.10. The smallest absolute Gasteiger partial charge is 0.204 e. The number of rotatable bonds is 3. The zero-order valence-electron chi connectivity index (χ0n) is 9.39. The van der Waals surface area contributed by atoms with Gasteiger partial charge in [0.15, 0.2) is 0 Å². The van der Waals surface area contributed by atoms with Crippen LogP contribution in [0, 0.1) is 0 Å². The van der Waals surface area contributed by atoms with Crippen molar-refractivity contribution in [3.8, 4) is 0 Å². The molecule has 0 aliphatic heterocycles. The van der Waals surface area contributed by atoms with Crippen LogP contribution < -0.4 is 0 Å². The van der Waals surface area contributed by atoms with E-state index in [-0.39, 0.29) is 5.56 Å². The summed E-state index contributed by atoms with van der Waals surface area (Å²) >= 11 is 8.86. The van der Waals surface area contributed by atoms with Crippen molar-refractivity contribution in [3.63, 3.8) is 0 Å². The van der Waals surface area contributed by atoms with Gasteiger partial charge in [0.05, 0.1) is 0 Å². The lowest BCUT2D eigenvalue weighted by Crippen LogP contribution is -2.31. The molecule has 0 fully saturated rings. The van der Waals surface area contributed by atoms with Gasteiger partial charge < -0.3 is 0 Å². The van der Waals surface area contributed by atoms with Crippen molar-refractivity contribution >= 4 is 38.3 Å². The summed E-state index contributed by atoms with van der Waals surface area (Å²) in [5.74, 6) is -4.28. The number of fused-ring (bicyclic) bond motifs is 1. The first kappa shape index (κ1) is 14.6. The van der Waals surface area contributed by atoms with Gasteiger partial charge in [-0.1, -0.05) is 46.3 Å². The monoisotopic (exact) mass is 354 g/mol. The molecule has 0 radical (unpaired) electrons. The van der Waals surface area contributed by atoms with Crippen LogP contribution in [-0.4, -0.2) is 12.3 Å². The SMILES string of the molecule is FC(F)C(F)(F)C(Cl)c1ccc(Br)c2ccccc12. The fraction of sp³-hybridized carbons (Fsp3) is 0.231. The van der Waals surface area contributed by atoms with E-state index in [0.29, 0.717) is 15.2 Å². The number of hydrogen-bond donors (Lipinski definition) is 0. The van der Waals surface area contributed by atoms with Crippen LogP contribution in [0.1, 0.15) is 10.9 Å². The van der Waals surface area contributed by atoms with E-state index in [9.17, 15) is 17.6 Å². The third kappa shape index (κ3) is 2.58. The summed E-state index contributed by atoms with van der Waals surface area (Å²) in [6.45, 7) is 0. The molecule has 0 aliphatic rings. The Morgan fingerprint density at radius 2 is 1.58 bits per heavy atom. The average molecular weight is 356 g/mol. The fourth-order valence-electron chi connectivity index (χ4n) is 1.82. The molecule has 0 aliphatic carbocycles. The van der Waals surface area contributed by atoms with Gasteiger partial charge in [-0.3, -0.25) is 0 Å². The number of alkyl halides is 5. The molecule has 0 aromatic heterocycles. The molecule has 0 spiro atoms. The van der Waals surface area contributed by atoms with E-state index in [4.69, 9.17) is 11.6 Å². The molecule has 2 aromatic rings. The van der Waals surface area contributed by atoms with Gasteiger partial charge in [-0.05, 0) is 22.4 Å². The van der Waals surface area contributed by atoms with Crippen LogP contribution in [0.3, 0.4) is 0 Å². The van der Waals surface area contributed by atoms with E-state index in [2.05, 4.69) is 15.9 Å². The topological polar surface area (TPSA) is 0 Å². The van der Waals surface area contributed by atoms with Gasteiger partial charge >= 0.3 is 12.3 Å². The highest BCUT2D eigenvalue weighted by atomic mass is 79.9. The van der Waals surface area contributed by atoms with Crippen LogP contribution in [0.2, 0.25) is 0 Å². The Labute approximate surface area is 120 Å². The van der Waals surface area contributed by atoms with Crippen molar-refractivity contribution in [2.45, 2.75) is 17.7 Å². The van der Waals surface area contributed by atoms with Crippen LogP contribution in [0.4, 0.5) is 17.6 Å². The van der Waals surface area contributed by atoms with Gasteiger partial charge in [0, 0.05) is 4.47 Å². The number of halogens is 6. The molecule has 102 valence electrons. The maximum atomic E-state index is 13.4. The summed E-state index contributed by atoms with van der Waals surface area (Å²) in [5.41, 5.74) is -0.00855. The first-order valence-corrected chi connectivity index (χ1v) is 6.56. The Hall–Kier alpha value is -0.810. The number of hydrogen-bond acceptors (Lipinski definition) is 0. The van der Waals surface area contributed by atoms with Crippen LogP contribution in [-0.2, 0) is 0 Å². The molecule has 0 bridgehead atoms. The molecule has 0 heterocycles. The van der Waals surface area contributed by atoms with Gasteiger partial charge in [0.2, 0.25) is 0 Å². The molecule has 1 unspecified atom stereocenters. The van der Waals surface area contributed by atoms with Crippen molar-refractivity contribution in [1.29, 1.82) is 0 Å². The summed E-state index contributed by atoms with van der Waals surface area (Å²) in [6.07, 6.45) is -3.81. The van der Waals surface area contributed by atoms with E-state index in [1.165, 1.54) is 12.1 Å². The minimum Gasteiger partial charge on any atom is -0.204 e. The zero-order chi connectivity index (χ0) is 14.2. The second-order valence-electron chi connectivity index (χ2n) is 4.02. The van der Waals surface area contributed by atoms with Crippen molar-refractivity contribution in [3.05, 3.63) is 46.4 Å². The minimum absolute atomic E-state index is 0.00855. The van der Waals surface area contributed by atoms with Gasteiger partial charge in [-0.25, -0.2) is 8.78 Å². The maximum Gasteiger partial charge on any atom is 0.327 e. The Bertz CT molecular complexity index is 600. The molecule has 0 saturated carbocycles. The van der Waals surface area contributed by atoms with Gasteiger partial charge in [-0.2, -0.15) is 8.78 Å². The van der Waals surface area contributed by atoms with E-state index in [0.717, 1.165) is 0 Å². The zero-order valence-corrected chi connectivity index (χ0v) is 11.7. The van der Waals surface area contributed by atoms with Crippen LogP contribution in [0.15, 0.2) is 40.9 Å². The highest BCUT2D eigenvalue weighted by Crippen LogP contribution is 2.44. The molecule has 2 rings (SSSR count). The summed E-state index contributed by atoms with van der Waals surface area (Å²) in [5, 5.41) is -1.00. The van der Waals surface area contributed by atoms with Crippen molar-refractivity contribution in [1.82, 2.24) is 0 Å². The molecule has 0 nitrogen and oxygen atoms in total. The third-order valence-corrected chi connectivity index (χ3v) is 4.02. The first-order valence-electron chi connectivity index (χ1n) is 5.33. The predicted octanol–water partition coefficient (Wildman–Crippen LogP) is 5.78. The molecule has 0 amide bonds. The van der Waals surface area contributed by atoms with E-state index >= 15 is 0 Å². The van der Waals surface area contributed by atoms with E-state index < -0.39 is 17.7 Å². The van der Waals surface area contributed by atoms with Crippen LogP contribution in [0.5, 0.6) is 0 Å². The van der Waals surface area contributed by atoms with Gasteiger partial charge in [-0.15, -0.1) is 11.6 Å². The molecule has 0 saturated heterocycles. The molecular formula is C13H8BrClF4. The van der Waals surface area contributed by atoms with Crippen LogP contribution in [0.25, 0.3) is 10.8 Å². The lowest BCUT2D eigenvalue weighted by atomic mass is 9.99. The van der Waals surface area contributed by atoms with E-state index in [1.54, 1.807) is 24.3 Å². The van der Waals surface area contributed by atoms with Crippen molar-refractivity contribution in [2.24, 2.45) is 0 Å². The Morgan fingerprint density at radius 1 is 1.00 bits per heavy atom. The molecule has 19 heavy (non-hydrogen) atoms. The highest BCUT2D eigenvalue weighted by Gasteiger charge is 2.49. The third-order valence-electron chi connectivity index (χ3n) is 2.81. The second kappa shape index (κ2) is 5.29. The largest absolute Gasteiger partial charge is 0.327 e. The standard InChI is InChI=1S/C13H8BrClF4/c14-10-6-5-9(7-3-1-2-4-8(7)10)11(15)13(18,19)12(16)17/h1-6,11-12H. The Kier molecular flexibility index (Phi) is 4.06. The number of benzene rings is 2. The van der Waals surface area contributed by atoms with Crippen LogP contribution >= 0.6 is 27.5 Å². The summed E-state index contributed by atoms with van der Waals surface area (Å²) < 4.78 is 52.2. The van der Waals surface area contributed by atoms with E-state index in [1.807, 2.05) is 0 Å². The summed E-state index contributed by atoms with van der Waals surface area (Å²) in [4.78, 5) is 0. The van der Waals surface area contributed by atoms with Crippen molar-refractivity contribution < 1.29 is 17.6 Å². The normalized spacial score (nSPS) is 14.1. The van der Waals surface area contributed by atoms with Gasteiger partial charge in [0.1, 0.15) is 5.38 Å². The molecule has 1 atom stereocenters. The fourth-order valence-corrected chi connectivity index (χ4v) is 2.59. The first-order chi connectivity index (χ1) is 8.85. The maximum absolute atomic E-state index is 13.4. The minimum atomic E-state index is -4.28. The lowest BCUT2D eigenvalue weighted by Gasteiger charge is -2.22. The van der Waals surface area contributed by atoms with Crippen molar-refractivity contribution in [2.75, 3.05) is 0 Å². The Morgan fingerprint density at radius 3 is 2.16 bits per heavy atom. The quantitative estimate of drug-likeness (QED) is 0.483. The Balaban J connectivity index is 2.61. The average Bonchev–Trinajstić information content (AvgIpc) is 2.38. The molecule has 6 heteroatoms.